The van der Waals surface area contributed by atoms with Gasteiger partial charge in [0.1, 0.15) is 0 Å². The summed E-state index contributed by atoms with van der Waals surface area (Å²) in [6.07, 6.45) is 5.41. The van der Waals surface area contributed by atoms with Crippen LogP contribution in [0.4, 0.5) is 0 Å². The Morgan fingerprint density at radius 1 is 1.00 bits per heavy atom. The maximum atomic E-state index is 12.1. The number of aromatic nitrogens is 1. The quantitative estimate of drug-likeness (QED) is 0.251. The monoisotopic (exact) mass is 378 g/mol. The van der Waals surface area contributed by atoms with Crippen LogP contribution < -0.4 is 0 Å². The number of aromatic amines is 1. The van der Waals surface area contributed by atoms with Crippen LogP contribution in [0.5, 0.6) is 0 Å². The molecule has 3 rings (SSSR count). The van der Waals surface area contributed by atoms with Crippen molar-refractivity contribution in [2.75, 3.05) is 0 Å². The highest BCUT2D eigenvalue weighted by molar-refractivity contribution is 5.85. The van der Waals surface area contributed by atoms with E-state index in [1.165, 1.54) is 0 Å². The van der Waals surface area contributed by atoms with E-state index in [1.54, 1.807) is 0 Å². The zero-order valence-electron chi connectivity index (χ0n) is 16.9. The van der Waals surface area contributed by atoms with E-state index in [0.29, 0.717) is 6.42 Å². The van der Waals surface area contributed by atoms with E-state index in [2.05, 4.69) is 43.1 Å². The fourth-order valence-corrected chi connectivity index (χ4v) is 4.33. The molecular formula is C24H30N2O2. The average molecular weight is 379 g/mol. The van der Waals surface area contributed by atoms with Crippen LogP contribution in [0.15, 0.2) is 54.6 Å². The number of nitro groups is 1. The van der Waals surface area contributed by atoms with Gasteiger partial charge in [-0.3, -0.25) is 10.1 Å². The molecule has 0 saturated carbocycles. The molecule has 0 amide bonds. The second-order valence-corrected chi connectivity index (χ2v) is 7.69. The molecule has 1 N–H and O–H groups in total. The number of benzene rings is 2. The number of rotatable bonds is 10. The molecule has 0 fully saturated rings. The van der Waals surface area contributed by atoms with Gasteiger partial charge in [0.15, 0.2) is 0 Å². The van der Waals surface area contributed by atoms with Crippen LogP contribution in [0.3, 0.4) is 0 Å². The second-order valence-electron chi connectivity index (χ2n) is 7.69. The number of fused-ring (bicyclic) bond motifs is 1. The number of para-hydroxylation sites is 1. The molecular weight excluding hydrogens is 348 g/mol. The maximum absolute atomic E-state index is 12.1. The smallest absolute Gasteiger partial charge is 0.220 e. The third kappa shape index (κ3) is 4.61. The van der Waals surface area contributed by atoms with Gasteiger partial charge < -0.3 is 4.98 Å². The Morgan fingerprint density at radius 3 is 2.43 bits per heavy atom. The molecule has 0 aliphatic carbocycles. The summed E-state index contributed by atoms with van der Waals surface area (Å²) in [4.78, 5) is 15.5. The Bertz CT molecular complexity index is 901. The van der Waals surface area contributed by atoms with Crippen LogP contribution in [0, 0.1) is 17.0 Å². The lowest BCUT2D eigenvalue weighted by atomic mass is 9.83. The summed E-state index contributed by atoms with van der Waals surface area (Å²) in [7, 11) is 0. The van der Waals surface area contributed by atoms with E-state index in [4.69, 9.17) is 0 Å². The van der Waals surface area contributed by atoms with Gasteiger partial charge in [-0.1, -0.05) is 74.7 Å². The first-order chi connectivity index (χ1) is 13.6. The molecule has 0 saturated heterocycles. The largest absolute Gasteiger partial charge is 0.358 e. The first-order valence-corrected chi connectivity index (χ1v) is 10.4. The number of unbranched alkanes of at least 4 members (excludes halogenated alkanes) is 2. The fourth-order valence-electron chi connectivity index (χ4n) is 4.33. The molecule has 28 heavy (non-hydrogen) atoms. The Labute approximate surface area is 167 Å². The van der Waals surface area contributed by atoms with E-state index in [1.807, 2.05) is 30.3 Å². The molecule has 0 aliphatic heterocycles. The summed E-state index contributed by atoms with van der Waals surface area (Å²) in [6.45, 7) is 4.22. The van der Waals surface area contributed by atoms with Gasteiger partial charge in [0.25, 0.3) is 0 Å². The lowest BCUT2D eigenvalue weighted by Crippen LogP contribution is -2.29. The second kappa shape index (κ2) is 9.54. The molecule has 1 heterocycles. The number of nitrogens with zero attached hydrogens (tertiary/aromatic N) is 1. The highest BCUT2D eigenvalue weighted by Crippen LogP contribution is 2.37. The molecule has 2 unspecified atom stereocenters. The Balaban J connectivity index is 1.93. The minimum atomic E-state index is -0.574. The molecule has 2 atom stereocenters. The van der Waals surface area contributed by atoms with Crippen LogP contribution in [0.1, 0.15) is 61.8 Å². The third-order valence-corrected chi connectivity index (χ3v) is 5.74. The molecule has 3 aromatic rings. The first-order valence-electron chi connectivity index (χ1n) is 10.4. The van der Waals surface area contributed by atoms with E-state index < -0.39 is 6.04 Å². The van der Waals surface area contributed by atoms with Gasteiger partial charge in [-0.15, -0.1) is 0 Å². The van der Waals surface area contributed by atoms with E-state index >= 15 is 0 Å². The van der Waals surface area contributed by atoms with E-state index in [0.717, 1.165) is 59.8 Å². The lowest BCUT2D eigenvalue weighted by molar-refractivity contribution is -0.528. The topological polar surface area (TPSA) is 58.9 Å². The summed E-state index contributed by atoms with van der Waals surface area (Å²) in [5.41, 5.74) is 4.44. The zero-order valence-corrected chi connectivity index (χ0v) is 16.9. The van der Waals surface area contributed by atoms with Gasteiger partial charge in [-0.25, -0.2) is 0 Å². The molecule has 1 aromatic heterocycles. The van der Waals surface area contributed by atoms with Crippen molar-refractivity contribution in [2.45, 2.75) is 64.3 Å². The fraction of sp³-hybridized carbons (Fsp3) is 0.417. The van der Waals surface area contributed by atoms with Gasteiger partial charge in [0.2, 0.25) is 6.04 Å². The van der Waals surface area contributed by atoms with Crippen molar-refractivity contribution < 1.29 is 4.92 Å². The Hall–Kier alpha value is -2.62. The summed E-state index contributed by atoms with van der Waals surface area (Å²) in [6, 6.07) is 17.7. The molecule has 0 aliphatic rings. The van der Waals surface area contributed by atoms with Crippen LogP contribution in [-0.2, 0) is 6.42 Å². The highest BCUT2D eigenvalue weighted by Gasteiger charge is 2.34. The predicted molar refractivity (Wildman–Crippen MR) is 115 cm³/mol. The van der Waals surface area contributed by atoms with Gasteiger partial charge in [0.05, 0.1) is 5.92 Å². The maximum Gasteiger partial charge on any atom is 0.220 e. The SMILES string of the molecule is CCCCCC(c1c(C)[nH]c2ccccc12)C(CCc1ccccc1)[N+](=O)[O-]. The standard InChI is InChI=1S/C24H30N2O2/c1-3-4-6-14-21(24-18(2)25-22-15-10-9-13-20(22)24)23(26(27)28)17-16-19-11-7-5-8-12-19/h5,7-13,15,21,23,25H,3-4,6,14,16-17H2,1-2H3. The predicted octanol–water partition coefficient (Wildman–Crippen LogP) is 6.42. The van der Waals surface area contributed by atoms with Crippen molar-refractivity contribution in [1.29, 1.82) is 0 Å². The van der Waals surface area contributed by atoms with Crippen molar-refractivity contribution in [3.63, 3.8) is 0 Å². The third-order valence-electron chi connectivity index (χ3n) is 5.74. The summed E-state index contributed by atoms with van der Waals surface area (Å²) in [5.74, 6) is -0.0681. The molecule has 4 heteroatoms. The van der Waals surface area contributed by atoms with Crippen molar-refractivity contribution >= 4 is 10.9 Å². The van der Waals surface area contributed by atoms with Crippen LogP contribution >= 0.6 is 0 Å². The van der Waals surface area contributed by atoms with E-state index in [-0.39, 0.29) is 10.8 Å². The van der Waals surface area contributed by atoms with E-state index in [9.17, 15) is 10.1 Å². The number of H-pyrrole nitrogens is 1. The Morgan fingerprint density at radius 2 is 1.71 bits per heavy atom. The average Bonchev–Trinajstić information content (AvgIpc) is 3.03. The van der Waals surface area contributed by atoms with Gasteiger partial charge >= 0.3 is 0 Å². The molecule has 4 nitrogen and oxygen atoms in total. The zero-order chi connectivity index (χ0) is 19.9. The van der Waals surface area contributed by atoms with Crippen molar-refractivity contribution in [3.05, 3.63) is 81.5 Å². The van der Waals surface area contributed by atoms with Crippen molar-refractivity contribution in [1.82, 2.24) is 4.98 Å². The molecule has 0 radical (unpaired) electrons. The van der Waals surface area contributed by atoms with Crippen LogP contribution in [-0.4, -0.2) is 15.9 Å². The van der Waals surface area contributed by atoms with Crippen LogP contribution in [0.2, 0.25) is 0 Å². The first kappa shape index (κ1) is 20.1. The number of hydrogen-bond acceptors (Lipinski definition) is 2. The summed E-state index contributed by atoms with van der Waals surface area (Å²) < 4.78 is 0. The Kier molecular flexibility index (Phi) is 6.85. The summed E-state index contributed by atoms with van der Waals surface area (Å²) in [5, 5.41) is 13.3. The number of nitrogens with one attached hydrogen (secondary N) is 1. The van der Waals surface area contributed by atoms with Gasteiger partial charge in [-0.2, -0.15) is 0 Å². The number of hydrogen-bond donors (Lipinski definition) is 1. The number of aryl methyl sites for hydroxylation is 2. The van der Waals surface area contributed by atoms with Crippen LogP contribution in [0.25, 0.3) is 10.9 Å². The molecule has 148 valence electrons. The van der Waals surface area contributed by atoms with Crippen molar-refractivity contribution in [2.24, 2.45) is 0 Å². The molecule has 0 bridgehead atoms. The summed E-state index contributed by atoms with van der Waals surface area (Å²) >= 11 is 0. The lowest BCUT2D eigenvalue weighted by Gasteiger charge is -2.22. The minimum absolute atomic E-state index is 0.0409. The van der Waals surface area contributed by atoms with Gasteiger partial charge in [-0.05, 0) is 37.0 Å². The van der Waals surface area contributed by atoms with Crippen molar-refractivity contribution in [3.8, 4) is 0 Å². The normalized spacial score (nSPS) is 13.5. The minimum Gasteiger partial charge on any atom is -0.358 e. The molecule has 2 aromatic carbocycles. The molecule has 0 spiro atoms. The highest BCUT2D eigenvalue weighted by atomic mass is 16.6. The van der Waals surface area contributed by atoms with Gasteiger partial charge in [0, 0.05) is 27.9 Å².